The van der Waals surface area contributed by atoms with E-state index in [0.717, 1.165) is 121 Å². The molecule has 0 saturated heterocycles. The van der Waals surface area contributed by atoms with E-state index in [-0.39, 0.29) is 25.7 Å². The Labute approximate surface area is 454 Å². The number of aliphatic hydroxyl groups is 1. The molecule has 0 rings (SSSR count). The van der Waals surface area contributed by atoms with Crippen LogP contribution in [0.2, 0.25) is 0 Å². The van der Waals surface area contributed by atoms with Crippen molar-refractivity contribution in [3.63, 3.8) is 0 Å². The summed E-state index contributed by atoms with van der Waals surface area (Å²) in [5, 5.41) is 10.5. The molecule has 444 valence electrons. The van der Waals surface area contributed by atoms with E-state index in [1.165, 1.54) is 64.2 Å². The van der Waals surface area contributed by atoms with Crippen LogP contribution in [0, 0.1) is 11.8 Å². The minimum atomic E-state index is -4.93. The SMILES string of the molecule is CCCCCCCCCC(=O)O[C@H](COC(=O)CCCCCCC)COP(=O)(O)OC[C@H](O)COP(=O)(O)OC[C@@H](COC(=O)CCCCCCCCCCC(C)C)OC(=O)CCCCCCCCCCC(C)CC. The van der Waals surface area contributed by atoms with Crippen molar-refractivity contribution in [1.29, 1.82) is 0 Å². The molecule has 0 aliphatic rings. The zero-order chi connectivity index (χ0) is 55.8. The van der Waals surface area contributed by atoms with Gasteiger partial charge in [-0.3, -0.25) is 37.3 Å². The van der Waals surface area contributed by atoms with Crippen LogP contribution in [0.15, 0.2) is 0 Å². The first-order valence-corrected chi connectivity index (χ1v) is 32.5. The molecule has 0 bridgehead atoms. The summed E-state index contributed by atoms with van der Waals surface area (Å²) in [6.07, 6.45) is 28.5. The van der Waals surface area contributed by atoms with E-state index >= 15 is 0 Å². The number of hydrogen-bond acceptors (Lipinski definition) is 15. The van der Waals surface area contributed by atoms with Crippen LogP contribution >= 0.6 is 15.6 Å². The highest BCUT2D eigenvalue weighted by molar-refractivity contribution is 7.47. The zero-order valence-electron chi connectivity index (χ0n) is 47.8. The lowest BCUT2D eigenvalue weighted by Gasteiger charge is -2.21. The third-order valence-electron chi connectivity index (χ3n) is 13.1. The minimum absolute atomic E-state index is 0.102. The number of phosphoric ester groups is 2. The molecule has 0 saturated carbocycles. The van der Waals surface area contributed by atoms with Gasteiger partial charge in [-0.05, 0) is 37.5 Å². The van der Waals surface area contributed by atoms with Gasteiger partial charge in [-0.15, -0.1) is 0 Å². The Morgan fingerprint density at radius 3 is 1.01 bits per heavy atom. The van der Waals surface area contributed by atoms with Gasteiger partial charge in [-0.2, -0.15) is 0 Å². The number of phosphoric acid groups is 2. The van der Waals surface area contributed by atoms with Crippen molar-refractivity contribution in [1.82, 2.24) is 0 Å². The second-order valence-electron chi connectivity index (χ2n) is 21.0. The van der Waals surface area contributed by atoms with Crippen molar-refractivity contribution in [2.45, 2.75) is 285 Å². The van der Waals surface area contributed by atoms with Crippen molar-refractivity contribution in [2.24, 2.45) is 11.8 Å². The molecule has 3 unspecified atom stereocenters. The van der Waals surface area contributed by atoms with Gasteiger partial charge < -0.3 is 33.8 Å². The molecule has 75 heavy (non-hydrogen) atoms. The quantitative estimate of drug-likeness (QED) is 0.0222. The Balaban J connectivity index is 5.19. The Morgan fingerprint density at radius 2 is 0.680 bits per heavy atom. The van der Waals surface area contributed by atoms with E-state index < -0.39 is 97.5 Å². The van der Waals surface area contributed by atoms with Crippen LogP contribution in [0.5, 0.6) is 0 Å². The van der Waals surface area contributed by atoms with Crippen LogP contribution in [0.3, 0.4) is 0 Å². The van der Waals surface area contributed by atoms with Crippen molar-refractivity contribution in [3.05, 3.63) is 0 Å². The lowest BCUT2D eigenvalue weighted by atomic mass is 9.99. The number of aliphatic hydroxyl groups excluding tert-OH is 1. The summed E-state index contributed by atoms with van der Waals surface area (Å²) in [4.78, 5) is 71.5. The third kappa shape index (κ3) is 50.1. The van der Waals surface area contributed by atoms with Crippen LogP contribution < -0.4 is 0 Å². The van der Waals surface area contributed by atoms with Gasteiger partial charge in [0.25, 0.3) is 0 Å². The fourth-order valence-electron chi connectivity index (χ4n) is 8.08. The van der Waals surface area contributed by atoms with Gasteiger partial charge in [0.15, 0.2) is 12.2 Å². The number of carbonyl (C=O) groups excluding carboxylic acids is 4. The molecule has 0 amide bonds. The van der Waals surface area contributed by atoms with E-state index in [1.807, 2.05) is 0 Å². The maximum absolute atomic E-state index is 12.9. The molecule has 0 aromatic heterocycles. The van der Waals surface area contributed by atoms with Crippen LogP contribution in [-0.4, -0.2) is 96.7 Å². The standard InChI is InChI=1S/C56H108O17P2/c1-7-10-12-14-19-28-34-40-55(60)72-51(44-66-53(58)38-32-24-13-11-8-2)46-70-74(62,63)68-42-50(57)43-69-75(64,65)71-47-52(45-67-54(59)39-33-27-22-17-15-20-25-30-36-48(4)5)73-56(61)41-35-29-23-18-16-21-26-31-37-49(6)9-3/h48-52,57H,7-47H2,1-6H3,(H,62,63)(H,64,65)/t49?,50-,51+,52+/m0/s1. The minimum Gasteiger partial charge on any atom is -0.462 e. The fourth-order valence-corrected chi connectivity index (χ4v) is 9.66. The molecule has 0 aliphatic heterocycles. The molecule has 0 fully saturated rings. The number of ether oxygens (including phenoxy) is 4. The van der Waals surface area contributed by atoms with E-state index in [0.29, 0.717) is 25.7 Å². The van der Waals surface area contributed by atoms with Crippen LogP contribution in [0.1, 0.15) is 266 Å². The highest BCUT2D eigenvalue weighted by Gasteiger charge is 2.30. The zero-order valence-corrected chi connectivity index (χ0v) is 49.6. The lowest BCUT2D eigenvalue weighted by molar-refractivity contribution is -0.161. The van der Waals surface area contributed by atoms with Crippen molar-refractivity contribution >= 4 is 39.5 Å². The van der Waals surface area contributed by atoms with Crippen molar-refractivity contribution < 1.29 is 80.2 Å². The van der Waals surface area contributed by atoms with Gasteiger partial charge in [-0.25, -0.2) is 9.13 Å². The molecule has 0 aromatic rings. The largest absolute Gasteiger partial charge is 0.472 e. The van der Waals surface area contributed by atoms with Gasteiger partial charge in [0.05, 0.1) is 26.4 Å². The maximum Gasteiger partial charge on any atom is 0.472 e. The average Bonchev–Trinajstić information content (AvgIpc) is 3.37. The van der Waals surface area contributed by atoms with Crippen LogP contribution in [-0.2, 0) is 65.4 Å². The topological polar surface area (TPSA) is 237 Å². The molecular weight excluding hydrogens is 1010 g/mol. The van der Waals surface area contributed by atoms with Gasteiger partial charge in [0.1, 0.15) is 19.3 Å². The maximum atomic E-state index is 12.9. The normalized spacial score (nSPS) is 14.9. The summed E-state index contributed by atoms with van der Waals surface area (Å²) in [5.74, 6) is -0.667. The summed E-state index contributed by atoms with van der Waals surface area (Å²) in [7, 11) is -9.86. The monoisotopic (exact) mass is 1110 g/mol. The van der Waals surface area contributed by atoms with Gasteiger partial charge in [0, 0.05) is 25.7 Å². The van der Waals surface area contributed by atoms with E-state index in [4.69, 9.17) is 37.0 Å². The summed E-state index contributed by atoms with van der Waals surface area (Å²) in [6.45, 7) is 9.25. The van der Waals surface area contributed by atoms with Gasteiger partial charge >= 0.3 is 39.5 Å². The molecule has 6 atom stereocenters. The second-order valence-corrected chi connectivity index (χ2v) is 23.9. The molecule has 0 heterocycles. The Morgan fingerprint density at radius 1 is 0.387 bits per heavy atom. The molecule has 0 aliphatic carbocycles. The molecule has 3 N–H and O–H groups in total. The molecule has 0 radical (unpaired) electrons. The van der Waals surface area contributed by atoms with E-state index in [1.54, 1.807) is 0 Å². The second kappa shape index (κ2) is 49.1. The third-order valence-corrected chi connectivity index (χ3v) is 15.0. The number of esters is 4. The van der Waals surface area contributed by atoms with Gasteiger partial charge in [0.2, 0.25) is 0 Å². The van der Waals surface area contributed by atoms with E-state index in [9.17, 15) is 43.2 Å². The summed E-state index contributed by atoms with van der Waals surface area (Å²) >= 11 is 0. The number of carbonyl (C=O) groups is 4. The molecule has 0 spiro atoms. The fraction of sp³-hybridized carbons (Fsp3) is 0.929. The first-order valence-electron chi connectivity index (χ1n) is 29.5. The summed E-state index contributed by atoms with van der Waals surface area (Å²) < 4.78 is 67.4. The predicted molar refractivity (Wildman–Crippen MR) is 294 cm³/mol. The number of unbranched alkanes of at least 4 members (excludes halogenated alkanes) is 24. The number of rotatable bonds is 55. The van der Waals surface area contributed by atoms with Crippen molar-refractivity contribution in [2.75, 3.05) is 39.6 Å². The first-order chi connectivity index (χ1) is 35.9. The van der Waals surface area contributed by atoms with E-state index in [2.05, 4.69) is 41.5 Å². The summed E-state index contributed by atoms with van der Waals surface area (Å²) in [6, 6.07) is 0. The Hall–Kier alpha value is -1.94. The first kappa shape index (κ1) is 73.1. The smallest absolute Gasteiger partial charge is 0.462 e. The molecular formula is C56H108O17P2. The van der Waals surface area contributed by atoms with Crippen LogP contribution in [0.4, 0.5) is 0 Å². The molecule has 17 nitrogen and oxygen atoms in total. The molecule has 0 aromatic carbocycles. The Bertz CT molecular complexity index is 1500. The average molecular weight is 1120 g/mol. The lowest BCUT2D eigenvalue weighted by Crippen LogP contribution is -2.30. The van der Waals surface area contributed by atoms with Crippen molar-refractivity contribution in [3.8, 4) is 0 Å². The Kier molecular flexibility index (Phi) is 47.9. The number of hydrogen-bond donors (Lipinski definition) is 3. The molecule has 19 heteroatoms. The predicted octanol–water partition coefficient (Wildman–Crippen LogP) is 14.5. The van der Waals surface area contributed by atoms with Gasteiger partial charge in [-0.1, -0.05) is 215 Å². The highest BCUT2D eigenvalue weighted by atomic mass is 31.2. The van der Waals surface area contributed by atoms with Crippen LogP contribution in [0.25, 0.3) is 0 Å². The highest BCUT2D eigenvalue weighted by Crippen LogP contribution is 2.45. The summed E-state index contributed by atoms with van der Waals surface area (Å²) in [5.41, 5.74) is 0.